The molecule has 0 aliphatic carbocycles. The first-order valence-corrected chi connectivity index (χ1v) is 9.43. The smallest absolute Gasteiger partial charge is 0.127 e. The van der Waals surface area contributed by atoms with E-state index in [0.29, 0.717) is 0 Å². The van der Waals surface area contributed by atoms with E-state index in [9.17, 15) is 0 Å². The van der Waals surface area contributed by atoms with Crippen molar-refractivity contribution < 1.29 is 4.74 Å². The van der Waals surface area contributed by atoms with Crippen LogP contribution >= 0.6 is 15.9 Å². The van der Waals surface area contributed by atoms with Crippen molar-refractivity contribution in [1.29, 1.82) is 0 Å². The van der Waals surface area contributed by atoms with E-state index in [-0.39, 0.29) is 0 Å². The Morgan fingerprint density at radius 1 is 0.958 bits per heavy atom. The lowest BCUT2D eigenvalue weighted by molar-refractivity contribution is 0.251. The van der Waals surface area contributed by atoms with Crippen LogP contribution in [0.3, 0.4) is 0 Å². The van der Waals surface area contributed by atoms with E-state index in [0.717, 1.165) is 22.5 Å². The van der Waals surface area contributed by atoms with Crippen LogP contribution in [0.4, 0.5) is 0 Å². The maximum atomic E-state index is 5.87. The quantitative estimate of drug-likeness (QED) is 0.613. The molecule has 24 heavy (non-hydrogen) atoms. The SMILES string of the molecule is CC(=CCN1CCCCC1)c1ccc(Oc2ccc(Br)cc2)cc1. The third-order valence-electron chi connectivity index (χ3n) is 4.46. The van der Waals surface area contributed by atoms with Crippen molar-refractivity contribution in [3.8, 4) is 11.5 Å². The van der Waals surface area contributed by atoms with Crippen LogP contribution in [0.15, 0.2) is 59.1 Å². The van der Waals surface area contributed by atoms with E-state index in [1.165, 1.54) is 43.5 Å². The van der Waals surface area contributed by atoms with E-state index in [2.05, 4.69) is 46.0 Å². The molecule has 2 nitrogen and oxygen atoms in total. The molecule has 0 saturated carbocycles. The molecule has 3 heteroatoms. The van der Waals surface area contributed by atoms with Gasteiger partial charge in [0.1, 0.15) is 11.5 Å². The highest BCUT2D eigenvalue weighted by Gasteiger charge is 2.08. The maximum Gasteiger partial charge on any atom is 0.127 e. The monoisotopic (exact) mass is 385 g/mol. The van der Waals surface area contributed by atoms with Gasteiger partial charge in [0.05, 0.1) is 0 Å². The van der Waals surface area contributed by atoms with Gasteiger partial charge in [0.2, 0.25) is 0 Å². The number of ether oxygens (including phenoxy) is 1. The van der Waals surface area contributed by atoms with Crippen molar-refractivity contribution in [2.75, 3.05) is 19.6 Å². The van der Waals surface area contributed by atoms with Crippen LogP contribution in [0.2, 0.25) is 0 Å². The lowest BCUT2D eigenvalue weighted by Crippen LogP contribution is -2.29. The van der Waals surface area contributed by atoms with Crippen LogP contribution in [0.1, 0.15) is 31.7 Å². The number of hydrogen-bond acceptors (Lipinski definition) is 2. The van der Waals surface area contributed by atoms with Crippen molar-refractivity contribution in [1.82, 2.24) is 4.90 Å². The van der Waals surface area contributed by atoms with Gasteiger partial charge < -0.3 is 4.74 Å². The van der Waals surface area contributed by atoms with Crippen molar-refractivity contribution in [3.05, 3.63) is 64.6 Å². The Balaban J connectivity index is 1.59. The molecule has 0 amide bonds. The minimum Gasteiger partial charge on any atom is -0.457 e. The molecular formula is C21H24BrNO. The molecule has 0 aromatic heterocycles. The van der Waals surface area contributed by atoms with E-state index in [4.69, 9.17) is 4.74 Å². The second-order valence-corrected chi connectivity index (χ2v) is 7.24. The average Bonchev–Trinajstić information content (AvgIpc) is 2.63. The molecule has 1 heterocycles. The average molecular weight is 386 g/mol. The van der Waals surface area contributed by atoms with Crippen molar-refractivity contribution >= 4 is 21.5 Å². The summed E-state index contributed by atoms with van der Waals surface area (Å²) in [5.74, 6) is 1.72. The molecule has 0 spiro atoms. The molecule has 1 saturated heterocycles. The number of nitrogens with zero attached hydrogens (tertiary/aromatic N) is 1. The second-order valence-electron chi connectivity index (χ2n) is 6.33. The first-order valence-electron chi connectivity index (χ1n) is 8.64. The summed E-state index contributed by atoms with van der Waals surface area (Å²) >= 11 is 3.43. The standard InChI is InChI=1S/C21H24BrNO/c1-17(13-16-23-14-3-2-4-15-23)18-5-9-20(10-6-18)24-21-11-7-19(22)8-12-21/h5-13H,2-4,14-16H2,1H3. The molecule has 2 aromatic carbocycles. The van der Waals surface area contributed by atoms with Crippen molar-refractivity contribution in [2.45, 2.75) is 26.2 Å². The zero-order chi connectivity index (χ0) is 16.8. The number of benzene rings is 2. The fourth-order valence-corrected chi connectivity index (χ4v) is 3.21. The van der Waals surface area contributed by atoms with Crippen LogP contribution in [-0.4, -0.2) is 24.5 Å². The summed E-state index contributed by atoms with van der Waals surface area (Å²) in [7, 11) is 0. The van der Waals surface area contributed by atoms with Gasteiger partial charge in [0.15, 0.2) is 0 Å². The predicted octanol–water partition coefficient (Wildman–Crippen LogP) is 6.13. The van der Waals surface area contributed by atoms with Crippen LogP contribution in [0, 0.1) is 0 Å². The van der Waals surface area contributed by atoms with E-state index in [1.807, 2.05) is 36.4 Å². The minimum atomic E-state index is 0.850. The van der Waals surface area contributed by atoms with Crippen LogP contribution in [-0.2, 0) is 0 Å². The Kier molecular flexibility index (Phi) is 6.11. The molecule has 3 rings (SSSR count). The van der Waals surface area contributed by atoms with Gasteiger partial charge in [-0.1, -0.05) is 40.6 Å². The van der Waals surface area contributed by atoms with Gasteiger partial charge in [-0.25, -0.2) is 0 Å². The summed E-state index contributed by atoms with van der Waals surface area (Å²) in [5, 5.41) is 0. The number of hydrogen-bond donors (Lipinski definition) is 0. The van der Waals surface area contributed by atoms with Crippen molar-refractivity contribution in [3.63, 3.8) is 0 Å². The predicted molar refractivity (Wildman–Crippen MR) is 105 cm³/mol. The first-order chi connectivity index (χ1) is 11.7. The Morgan fingerprint density at radius 2 is 1.54 bits per heavy atom. The fraction of sp³-hybridized carbons (Fsp3) is 0.333. The summed E-state index contributed by atoms with van der Waals surface area (Å²) < 4.78 is 6.93. The fourth-order valence-electron chi connectivity index (χ4n) is 2.95. The zero-order valence-corrected chi connectivity index (χ0v) is 15.8. The van der Waals surface area contributed by atoms with Gasteiger partial charge in [0.25, 0.3) is 0 Å². The Labute approximate surface area is 153 Å². The molecular weight excluding hydrogens is 362 g/mol. The van der Waals surface area contributed by atoms with Gasteiger partial charge >= 0.3 is 0 Å². The molecule has 2 aromatic rings. The maximum absolute atomic E-state index is 5.87. The van der Waals surface area contributed by atoms with Gasteiger partial charge in [0, 0.05) is 11.0 Å². The Hall–Kier alpha value is -1.58. The zero-order valence-electron chi connectivity index (χ0n) is 14.2. The molecule has 126 valence electrons. The molecule has 0 radical (unpaired) electrons. The third kappa shape index (κ3) is 4.96. The highest BCUT2D eigenvalue weighted by Crippen LogP contribution is 2.25. The summed E-state index contributed by atoms with van der Waals surface area (Å²) in [6.45, 7) is 5.73. The molecule has 0 N–H and O–H groups in total. The lowest BCUT2D eigenvalue weighted by Gasteiger charge is -2.25. The van der Waals surface area contributed by atoms with E-state index < -0.39 is 0 Å². The molecule has 1 aliphatic rings. The second kappa shape index (κ2) is 8.50. The van der Waals surface area contributed by atoms with Crippen LogP contribution in [0.25, 0.3) is 5.57 Å². The number of likely N-dealkylation sites (tertiary alicyclic amines) is 1. The van der Waals surface area contributed by atoms with Gasteiger partial charge in [-0.3, -0.25) is 4.90 Å². The number of rotatable bonds is 5. The number of piperidine rings is 1. The van der Waals surface area contributed by atoms with Gasteiger partial charge in [-0.2, -0.15) is 0 Å². The third-order valence-corrected chi connectivity index (χ3v) is 4.99. The summed E-state index contributed by atoms with van der Waals surface area (Å²) in [4.78, 5) is 2.54. The number of allylic oxidation sites excluding steroid dienone is 1. The Bertz CT molecular complexity index is 670. The number of halogens is 1. The minimum absolute atomic E-state index is 0.850. The Morgan fingerprint density at radius 3 is 2.17 bits per heavy atom. The van der Waals surface area contributed by atoms with Crippen molar-refractivity contribution in [2.24, 2.45) is 0 Å². The topological polar surface area (TPSA) is 12.5 Å². The van der Waals surface area contributed by atoms with Crippen LogP contribution in [0.5, 0.6) is 11.5 Å². The molecule has 0 bridgehead atoms. The normalized spacial score (nSPS) is 16.2. The largest absolute Gasteiger partial charge is 0.457 e. The molecule has 1 fully saturated rings. The lowest BCUT2D eigenvalue weighted by atomic mass is 10.1. The summed E-state index contributed by atoms with van der Waals surface area (Å²) in [6.07, 6.45) is 6.42. The molecule has 1 aliphatic heterocycles. The summed E-state index contributed by atoms with van der Waals surface area (Å²) in [5.41, 5.74) is 2.59. The van der Waals surface area contributed by atoms with Gasteiger partial charge in [-0.15, -0.1) is 0 Å². The van der Waals surface area contributed by atoms with E-state index >= 15 is 0 Å². The molecule has 0 unspecified atom stereocenters. The van der Waals surface area contributed by atoms with Gasteiger partial charge in [-0.05, 0) is 80.4 Å². The van der Waals surface area contributed by atoms with Crippen LogP contribution < -0.4 is 4.74 Å². The molecule has 0 atom stereocenters. The first kappa shape index (κ1) is 17.2. The van der Waals surface area contributed by atoms with E-state index in [1.54, 1.807) is 0 Å². The highest BCUT2D eigenvalue weighted by molar-refractivity contribution is 9.10. The summed E-state index contributed by atoms with van der Waals surface area (Å²) in [6, 6.07) is 16.2. The highest BCUT2D eigenvalue weighted by atomic mass is 79.9.